The summed E-state index contributed by atoms with van der Waals surface area (Å²) < 4.78 is 12.7. The molecule has 1 aromatic carbocycles. The van der Waals surface area contributed by atoms with Gasteiger partial charge in [-0.3, -0.25) is 4.79 Å². The molecule has 1 heterocycles. The third-order valence-electron chi connectivity index (χ3n) is 2.84. The van der Waals surface area contributed by atoms with Crippen LogP contribution in [0.3, 0.4) is 0 Å². The Kier molecular flexibility index (Phi) is 3.88. The largest absolute Gasteiger partial charge is 0.337 e. The van der Waals surface area contributed by atoms with E-state index in [4.69, 9.17) is 5.73 Å². The Morgan fingerprint density at radius 1 is 1.38 bits per heavy atom. The molecule has 0 aliphatic carbocycles. The molecule has 2 rings (SSSR count). The van der Waals surface area contributed by atoms with Gasteiger partial charge in [0.05, 0.1) is 6.04 Å². The maximum Gasteiger partial charge on any atom is 0.224 e. The third kappa shape index (κ3) is 2.18. The zero-order valence-corrected chi connectivity index (χ0v) is 9.71. The highest BCUT2D eigenvalue weighted by molar-refractivity contribution is 5.85. The second-order valence-electron chi connectivity index (χ2n) is 3.87. The van der Waals surface area contributed by atoms with Crippen LogP contribution in [-0.2, 0) is 4.79 Å². The van der Waals surface area contributed by atoms with Crippen LogP contribution in [0.1, 0.15) is 18.0 Å². The molecule has 1 aromatic rings. The molecule has 1 saturated heterocycles. The zero-order valence-electron chi connectivity index (χ0n) is 8.89. The Hall–Kier alpha value is -1.13. The second kappa shape index (κ2) is 4.80. The van der Waals surface area contributed by atoms with E-state index in [2.05, 4.69) is 0 Å². The average molecular weight is 245 g/mol. The van der Waals surface area contributed by atoms with E-state index in [0.717, 1.165) is 5.56 Å². The predicted octanol–water partition coefficient (Wildman–Crippen LogP) is 1.48. The van der Waals surface area contributed by atoms with Gasteiger partial charge in [-0.25, -0.2) is 4.39 Å². The third-order valence-corrected chi connectivity index (χ3v) is 2.84. The van der Waals surface area contributed by atoms with Crippen LogP contribution < -0.4 is 5.73 Å². The van der Waals surface area contributed by atoms with Crippen LogP contribution in [0.4, 0.5) is 4.39 Å². The molecule has 0 spiro atoms. The number of hydrogen-bond donors (Lipinski definition) is 1. The summed E-state index contributed by atoms with van der Waals surface area (Å²) in [5, 5.41) is 0. The summed E-state index contributed by atoms with van der Waals surface area (Å²) >= 11 is 0. The molecule has 1 aliphatic rings. The molecule has 2 N–H and O–H groups in total. The maximum atomic E-state index is 12.7. The molecule has 0 radical (unpaired) electrons. The fourth-order valence-electron chi connectivity index (χ4n) is 2.03. The molecule has 3 nitrogen and oxygen atoms in total. The molecule has 0 saturated carbocycles. The van der Waals surface area contributed by atoms with E-state index in [-0.39, 0.29) is 36.2 Å². The van der Waals surface area contributed by atoms with Gasteiger partial charge in [0.25, 0.3) is 0 Å². The fourth-order valence-corrected chi connectivity index (χ4v) is 2.03. The number of likely N-dealkylation sites (tertiary alicyclic amines) is 1. The topological polar surface area (TPSA) is 46.3 Å². The van der Waals surface area contributed by atoms with Crippen molar-refractivity contribution in [2.45, 2.75) is 18.5 Å². The van der Waals surface area contributed by atoms with Crippen molar-refractivity contribution < 1.29 is 9.18 Å². The van der Waals surface area contributed by atoms with E-state index >= 15 is 0 Å². The van der Waals surface area contributed by atoms with E-state index in [9.17, 15) is 9.18 Å². The smallest absolute Gasteiger partial charge is 0.224 e. The van der Waals surface area contributed by atoms with Crippen molar-refractivity contribution in [2.24, 2.45) is 5.73 Å². The van der Waals surface area contributed by atoms with Crippen LogP contribution >= 0.6 is 12.4 Å². The van der Waals surface area contributed by atoms with Gasteiger partial charge in [-0.15, -0.1) is 12.4 Å². The first kappa shape index (κ1) is 12.9. The van der Waals surface area contributed by atoms with E-state index in [1.165, 1.54) is 12.1 Å². The van der Waals surface area contributed by atoms with Gasteiger partial charge in [0, 0.05) is 19.5 Å². The molecule has 0 bridgehead atoms. The lowest BCUT2D eigenvalue weighted by molar-refractivity contribution is -0.127. The van der Waals surface area contributed by atoms with Crippen LogP contribution in [0.2, 0.25) is 0 Å². The van der Waals surface area contributed by atoms with Gasteiger partial charge in [-0.2, -0.15) is 0 Å². The maximum absolute atomic E-state index is 12.7. The Bertz CT molecular complexity index is 382. The normalized spacial score (nSPS) is 24.4. The molecule has 0 unspecified atom stereocenters. The molecule has 1 amide bonds. The quantitative estimate of drug-likeness (QED) is 0.813. The predicted molar refractivity (Wildman–Crippen MR) is 61.8 cm³/mol. The number of carbonyl (C=O) groups excluding carboxylic acids is 1. The highest BCUT2D eigenvalue weighted by Gasteiger charge is 2.35. The van der Waals surface area contributed by atoms with E-state index in [0.29, 0.717) is 6.42 Å². The minimum Gasteiger partial charge on any atom is -0.337 e. The molecule has 0 aromatic heterocycles. The molecule has 16 heavy (non-hydrogen) atoms. The first-order chi connectivity index (χ1) is 7.09. The van der Waals surface area contributed by atoms with Gasteiger partial charge < -0.3 is 10.6 Å². The van der Waals surface area contributed by atoms with Crippen LogP contribution in [-0.4, -0.2) is 23.9 Å². The van der Waals surface area contributed by atoms with Crippen molar-refractivity contribution in [3.05, 3.63) is 35.6 Å². The van der Waals surface area contributed by atoms with E-state index in [1.807, 2.05) is 0 Å². The summed E-state index contributed by atoms with van der Waals surface area (Å²) in [6.45, 7) is 0. The summed E-state index contributed by atoms with van der Waals surface area (Å²) in [5.41, 5.74) is 6.76. The highest BCUT2D eigenvalue weighted by atomic mass is 35.5. The molecular weight excluding hydrogens is 231 g/mol. The number of hydrogen-bond acceptors (Lipinski definition) is 2. The molecule has 1 fully saturated rings. The average Bonchev–Trinajstić information content (AvgIpc) is 2.44. The van der Waals surface area contributed by atoms with Gasteiger partial charge in [0.2, 0.25) is 5.91 Å². The zero-order chi connectivity index (χ0) is 11.0. The Morgan fingerprint density at radius 3 is 2.38 bits per heavy atom. The van der Waals surface area contributed by atoms with Crippen molar-refractivity contribution in [1.82, 2.24) is 4.90 Å². The standard InChI is InChI=1S/C11H13FN2O.ClH/c1-14-10(15)6-9(13)11(14)7-2-4-8(12)5-3-7;/h2-5,9,11H,6,13H2,1H3;1H/t9-,11+;/m1./s1. The van der Waals surface area contributed by atoms with Crippen LogP contribution in [0.15, 0.2) is 24.3 Å². The fraction of sp³-hybridized carbons (Fsp3) is 0.364. The molecule has 88 valence electrons. The number of nitrogens with two attached hydrogens (primary N) is 1. The highest BCUT2D eigenvalue weighted by Crippen LogP contribution is 2.30. The lowest BCUT2D eigenvalue weighted by atomic mass is 10.0. The van der Waals surface area contributed by atoms with Crippen LogP contribution in [0.5, 0.6) is 0 Å². The van der Waals surface area contributed by atoms with Crippen molar-refractivity contribution in [1.29, 1.82) is 0 Å². The minimum absolute atomic E-state index is 0. The molecular formula is C11H14ClFN2O. The number of nitrogens with zero attached hydrogens (tertiary/aromatic N) is 1. The number of benzene rings is 1. The van der Waals surface area contributed by atoms with Crippen LogP contribution in [0, 0.1) is 5.82 Å². The van der Waals surface area contributed by atoms with Gasteiger partial charge in [-0.05, 0) is 17.7 Å². The second-order valence-corrected chi connectivity index (χ2v) is 3.87. The van der Waals surface area contributed by atoms with Gasteiger partial charge in [-0.1, -0.05) is 12.1 Å². The summed E-state index contributed by atoms with van der Waals surface area (Å²) in [5.74, 6) is -0.240. The van der Waals surface area contributed by atoms with Gasteiger partial charge >= 0.3 is 0 Å². The molecule has 1 aliphatic heterocycles. The summed E-state index contributed by atoms with van der Waals surface area (Å²) in [7, 11) is 1.73. The van der Waals surface area contributed by atoms with E-state index in [1.54, 1.807) is 24.1 Å². The van der Waals surface area contributed by atoms with Gasteiger partial charge in [0.1, 0.15) is 5.82 Å². The minimum atomic E-state index is -0.278. The number of halogens is 2. The number of rotatable bonds is 1. The monoisotopic (exact) mass is 244 g/mol. The lowest BCUT2D eigenvalue weighted by Crippen LogP contribution is -2.30. The first-order valence-electron chi connectivity index (χ1n) is 4.86. The van der Waals surface area contributed by atoms with E-state index < -0.39 is 0 Å². The van der Waals surface area contributed by atoms with Crippen molar-refractivity contribution >= 4 is 18.3 Å². The Balaban J connectivity index is 0.00000128. The SMILES string of the molecule is CN1C(=O)C[C@@H](N)[C@@H]1c1ccc(F)cc1.Cl. The molecule has 5 heteroatoms. The van der Waals surface area contributed by atoms with Gasteiger partial charge in [0.15, 0.2) is 0 Å². The summed E-state index contributed by atoms with van der Waals surface area (Å²) in [4.78, 5) is 13.0. The van der Waals surface area contributed by atoms with Crippen LogP contribution in [0.25, 0.3) is 0 Å². The van der Waals surface area contributed by atoms with Crippen molar-refractivity contribution in [2.75, 3.05) is 7.05 Å². The Labute approximate surface area is 99.8 Å². The molecule has 2 atom stereocenters. The number of carbonyl (C=O) groups is 1. The number of likely N-dealkylation sites (N-methyl/N-ethyl adjacent to an activating group) is 1. The summed E-state index contributed by atoms with van der Waals surface area (Å²) in [6, 6.07) is 5.80. The van der Waals surface area contributed by atoms with Crippen molar-refractivity contribution in [3.8, 4) is 0 Å². The number of amides is 1. The Morgan fingerprint density at radius 2 is 1.94 bits per heavy atom. The first-order valence-corrected chi connectivity index (χ1v) is 4.86. The van der Waals surface area contributed by atoms with Crippen molar-refractivity contribution in [3.63, 3.8) is 0 Å². The lowest BCUT2D eigenvalue weighted by Gasteiger charge is -2.23. The summed E-state index contributed by atoms with van der Waals surface area (Å²) in [6.07, 6.45) is 0.360.